The Morgan fingerprint density at radius 2 is 1.73 bits per heavy atom. The lowest BCUT2D eigenvalue weighted by Crippen LogP contribution is -2.17. The van der Waals surface area contributed by atoms with Crippen LogP contribution in [-0.4, -0.2) is 16.6 Å². The first-order chi connectivity index (χ1) is 15.2. The van der Waals surface area contributed by atoms with Crippen LogP contribution in [0, 0.1) is 13.8 Å². The Balaban J connectivity index is 0.00000385. The Labute approximate surface area is 195 Å². The van der Waals surface area contributed by atoms with E-state index in [4.69, 9.17) is 9.47 Å². The molecule has 3 aromatic rings. The smallest absolute Gasteiger partial charge is 0.254 e. The van der Waals surface area contributed by atoms with Gasteiger partial charge in [-0.05, 0) is 63.1 Å². The first-order valence-corrected chi connectivity index (χ1v) is 10.4. The van der Waals surface area contributed by atoms with Gasteiger partial charge in [-0.15, -0.1) is 0 Å². The monoisotopic (exact) mass is 448 g/mol. The number of hydrogen-bond acceptors (Lipinski definition) is 4. The van der Waals surface area contributed by atoms with Crippen molar-refractivity contribution in [3.05, 3.63) is 82.8 Å². The van der Waals surface area contributed by atoms with Gasteiger partial charge in [-0.1, -0.05) is 32.2 Å². The SMILES string of the molecule is C.C=CC(=O)Nc1ccc(Oc2c(C)cccc2C)c(-c2cn(C)c(=O)cc2OC(C)C)c1. The van der Waals surface area contributed by atoms with Crippen molar-refractivity contribution in [3.63, 3.8) is 0 Å². The van der Waals surface area contributed by atoms with Gasteiger partial charge >= 0.3 is 0 Å². The van der Waals surface area contributed by atoms with E-state index in [9.17, 15) is 9.59 Å². The maximum Gasteiger partial charge on any atom is 0.254 e. The Hall–Kier alpha value is -3.80. The average molecular weight is 449 g/mol. The van der Waals surface area contributed by atoms with E-state index >= 15 is 0 Å². The summed E-state index contributed by atoms with van der Waals surface area (Å²) < 4.78 is 13.8. The molecule has 0 radical (unpaired) electrons. The van der Waals surface area contributed by atoms with Crippen molar-refractivity contribution in [1.29, 1.82) is 0 Å². The topological polar surface area (TPSA) is 69.6 Å². The van der Waals surface area contributed by atoms with Gasteiger partial charge in [-0.25, -0.2) is 0 Å². The number of nitrogens with one attached hydrogen (secondary N) is 1. The molecule has 0 saturated heterocycles. The van der Waals surface area contributed by atoms with E-state index in [2.05, 4.69) is 11.9 Å². The molecule has 0 aliphatic heterocycles. The lowest BCUT2D eigenvalue weighted by Gasteiger charge is -2.19. The number of benzene rings is 2. The fourth-order valence-corrected chi connectivity index (χ4v) is 3.34. The Morgan fingerprint density at radius 3 is 2.33 bits per heavy atom. The van der Waals surface area contributed by atoms with Gasteiger partial charge in [-0.3, -0.25) is 9.59 Å². The number of rotatable bonds is 7. The molecule has 0 bridgehead atoms. The van der Waals surface area contributed by atoms with Crippen molar-refractivity contribution in [1.82, 2.24) is 4.57 Å². The van der Waals surface area contributed by atoms with Crippen molar-refractivity contribution in [2.75, 3.05) is 5.32 Å². The van der Waals surface area contributed by atoms with Crippen LogP contribution in [0.25, 0.3) is 11.1 Å². The highest BCUT2D eigenvalue weighted by Crippen LogP contribution is 2.41. The fourth-order valence-electron chi connectivity index (χ4n) is 3.34. The standard InChI is InChI=1S/C26H28N2O4.CH4/c1-7-24(29)27-19-11-12-22(32-26-17(4)9-8-10-18(26)5)20(13-19)21-15-28(6)25(30)14-23(21)31-16(2)3;/h7-16H,1H2,2-6H3,(H,27,29);1H4. The molecular weight excluding hydrogens is 416 g/mol. The normalized spacial score (nSPS) is 10.4. The predicted molar refractivity (Wildman–Crippen MR) is 134 cm³/mol. The summed E-state index contributed by atoms with van der Waals surface area (Å²) in [6, 6.07) is 12.8. The molecule has 0 aliphatic rings. The maximum atomic E-state index is 12.3. The van der Waals surface area contributed by atoms with Gasteiger partial charge in [0.15, 0.2) is 0 Å². The number of anilines is 1. The van der Waals surface area contributed by atoms with Gasteiger partial charge in [0.2, 0.25) is 5.91 Å². The van der Waals surface area contributed by atoms with Crippen LogP contribution in [0.15, 0.2) is 66.1 Å². The van der Waals surface area contributed by atoms with Crippen molar-refractivity contribution in [3.8, 4) is 28.4 Å². The molecule has 174 valence electrons. The number of carbonyl (C=O) groups excluding carboxylic acids is 1. The summed E-state index contributed by atoms with van der Waals surface area (Å²) in [5, 5.41) is 2.78. The number of hydrogen-bond donors (Lipinski definition) is 1. The fraction of sp³-hybridized carbons (Fsp3) is 0.259. The zero-order valence-electron chi connectivity index (χ0n) is 19.1. The van der Waals surface area contributed by atoms with E-state index in [1.807, 2.05) is 45.9 Å². The Morgan fingerprint density at radius 1 is 1.06 bits per heavy atom. The molecular formula is C27H32N2O4. The first kappa shape index (κ1) is 25.5. The molecule has 0 fully saturated rings. The average Bonchev–Trinajstić information content (AvgIpc) is 2.73. The number of ether oxygens (including phenoxy) is 2. The van der Waals surface area contributed by atoms with Gasteiger partial charge in [0.25, 0.3) is 5.56 Å². The minimum absolute atomic E-state index is 0. The number of aryl methyl sites for hydroxylation is 3. The summed E-state index contributed by atoms with van der Waals surface area (Å²) >= 11 is 0. The van der Waals surface area contributed by atoms with E-state index in [1.54, 1.807) is 31.4 Å². The largest absolute Gasteiger partial charge is 0.490 e. The Bertz CT molecular complexity index is 1210. The second-order valence-corrected chi connectivity index (χ2v) is 7.89. The van der Waals surface area contributed by atoms with Crippen molar-refractivity contribution in [2.24, 2.45) is 7.05 Å². The molecule has 0 unspecified atom stereocenters. The van der Waals surface area contributed by atoms with Gasteiger partial charge in [0.05, 0.1) is 6.10 Å². The second kappa shape index (κ2) is 10.7. The number of para-hydroxylation sites is 1. The van der Waals surface area contributed by atoms with E-state index in [0.29, 0.717) is 28.3 Å². The highest BCUT2D eigenvalue weighted by atomic mass is 16.5. The maximum absolute atomic E-state index is 12.3. The molecule has 6 nitrogen and oxygen atoms in total. The lowest BCUT2D eigenvalue weighted by atomic mass is 10.0. The lowest BCUT2D eigenvalue weighted by molar-refractivity contribution is -0.111. The van der Waals surface area contributed by atoms with Crippen LogP contribution < -0.4 is 20.3 Å². The minimum Gasteiger partial charge on any atom is -0.490 e. The summed E-state index contributed by atoms with van der Waals surface area (Å²) in [5.74, 6) is 1.46. The zero-order chi connectivity index (χ0) is 23.4. The summed E-state index contributed by atoms with van der Waals surface area (Å²) in [5.41, 5.74) is 3.75. The molecule has 1 aromatic heterocycles. The van der Waals surface area contributed by atoms with E-state index in [-0.39, 0.29) is 25.0 Å². The summed E-state index contributed by atoms with van der Waals surface area (Å²) in [7, 11) is 1.68. The number of amides is 1. The third kappa shape index (κ3) is 5.92. The number of nitrogens with zero attached hydrogens (tertiary/aromatic N) is 1. The predicted octanol–water partition coefficient (Wildman–Crippen LogP) is 6.01. The zero-order valence-corrected chi connectivity index (χ0v) is 19.1. The summed E-state index contributed by atoms with van der Waals surface area (Å²) in [6.07, 6.45) is 2.79. The molecule has 1 heterocycles. The van der Waals surface area contributed by atoms with Crippen LogP contribution in [0.4, 0.5) is 5.69 Å². The number of aromatic nitrogens is 1. The van der Waals surface area contributed by atoms with Crippen LogP contribution in [0.5, 0.6) is 17.2 Å². The quantitative estimate of drug-likeness (QED) is 0.450. The Kier molecular flexibility index (Phi) is 8.24. The van der Waals surface area contributed by atoms with E-state index in [1.165, 1.54) is 16.7 Å². The highest BCUT2D eigenvalue weighted by molar-refractivity contribution is 5.99. The molecule has 33 heavy (non-hydrogen) atoms. The van der Waals surface area contributed by atoms with Crippen LogP contribution in [-0.2, 0) is 11.8 Å². The van der Waals surface area contributed by atoms with Crippen LogP contribution in [0.1, 0.15) is 32.4 Å². The molecule has 0 atom stereocenters. The van der Waals surface area contributed by atoms with Crippen LogP contribution in [0.2, 0.25) is 0 Å². The minimum atomic E-state index is -0.321. The molecule has 1 N–H and O–H groups in total. The third-order valence-electron chi connectivity index (χ3n) is 4.90. The third-order valence-corrected chi connectivity index (χ3v) is 4.90. The first-order valence-electron chi connectivity index (χ1n) is 10.4. The number of pyridine rings is 1. The number of carbonyl (C=O) groups is 1. The van der Waals surface area contributed by atoms with Gasteiger partial charge < -0.3 is 19.4 Å². The second-order valence-electron chi connectivity index (χ2n) is 7.89. The van der Waals surface area contributed by atoms with Crippen molar-refractivity contribution < 1.29 is 14.3 Å². The van der Waals surface area contributed by atoms with E-state index < -0.39 is 0 Å². The van der Waals surface area contributed by atoms with E-state index in [0.717, 1.165) is 16.9 Å². The van der Waals surface area contributed by atoms with Gasteiger partial charge in [0, 0.05) is 36.1 Å². The molecule has 2 aromatic carbocycles. The highest BCUT2D eigenvalue weighted by Gasteiger charge is 2.18. The molecule has 6 heteroatoms. The van der Waals surface area contributed by atoms with Gasteiger partial charge in [-0.2, -0.15) is 0 Å². The van der Waals surface area contributed by atoms with Crippen molar-refractivity contribution >= 4 is 11.6 Å². The molecule has 3 rings (SSSR count). The summed E-state index contributed by atoms with van der Waals surface area (Å²) in [4.78, 5) is 24.2. The molecule has 0 spiro atoms. The molecule has 0 saturated carbocycles. The van der Waals surface area contributed by atoms with Crippen molar-refractivity contribution in [2.45, 2.75) is 41.2 Å². The molecule has 1 amide bonds. The van der Waals surface area contributed by atoms with Crippen LogP contribution in [0.3, 0.4) is 0 Å². The summed E-state index contributed by atoms with van der Waals surface area (Å²) in [6.45, 7) is 11.3. The molecule has 0 aliphatic carbocycles. The van der Waals surface area contributed by atoms with Gasteiger partial charge in [0.1, 0.15) is 17.2 Å². The van der Waals surface area contributed by atoms with Crippen LogP contribution >= 0.6 is 0 Å².